The monoisotopic (exact) mass is 312 g/mol. The van der Waals surface area contributed by atoms with Crippen LogP contribution in [0, 0.1) is 5.92 Å². The van der Waals surface area contributed by atoms with Crippen molar-refractivity contribution in [3.63, 3.8) is 0 Å². The van der Waals surface area contributed by atoms with Crippen LogP contribution in [0.25, 0.3) is 0 Å². The number of carbonyl (C=O) groups excluding carboxylic acids is 2. The van der Waals surface area contributed by atoms with Crippen LogP contribution in [0.1, 0.15) is 52.4 Å². The molecule has 2 amide bonds. The van der Waals surface area contributed by atoms with Crippen LogP contribution in [0.2, 0.25) is 0 Å². The largest absolute Gasteiger partial charge is 0.353 e. The number of rotatable bonds is 8. The Hall–Kier alpha value is -1.14. The van der Waals surface area contributed by atoms with Gasteiger partial charge in [0.05, 0.1) is 12.6 Å². The van der Waals surface area contributed by atoms with E-state index >= 15 is 0 Å². The van der Waals surface area contributed by atoms with Gasteiger partial charge in [-0.25, -0.2) is 0 Å². The molecular weight excluding hydrogens is 280 g/mol. The molecule has 0 aromatic rings. The first kappa shape index (κ1) is 18.9. The van der Waals surface area contributed by atoms with Gasteiger partial charge in [-0.1, -0.05) is 39.5 Å². The van der Waals surface area contributed by atoms with Gasteiger partial charge in [-0.05, 0) is 18.8 Å². The lowest BCUT2D eigenvalue weighted by molar-refractivity contribution is -0.127. The zero-order valence-corrected chi connectivity index (χ0v) is 14.0. The van der Waals surface area contributed by atoms with Crippen molar-refractivity contribution in [1.29, 1.82) is 0 Å². The Labute approximate surface area is 134 Å². The molecule has 0 aromatic carbocycles. The molecule has 0 aromatic heterocycles. The molecule has 6 heteroatoms. The Balaban J connectivity index is 2.06. The first-order valence-electron chi connectivity index (χ1n) is 8.54. The first-order valence-corrected chi connectivity index (χ1v) is 8.54. The lowest BCUT2D eigenvalue weighted by Crippen LogP contribution is -2.47. The standard InChI is InChI=1S/C16H32N4O2/c1-12(2)15(17)16(22)20-11-14(21)19-10-9-18-13-7-5-3-4-6-8-13/h12-13,15,18H,3-11,17H2,1-2H3,(H,19,21)(H,20,22)/t15-/m0/s1. The maximum atomic E-state index is 11.7. The summed E-state index contributed by atoms with van der Waals surface area (Å²) in [6.45, 7) is 5.10. The van der Waals surface area contributed by atoms with Gasteiger partial charge in [0.1, 0.15) is 0 Å². The third-order valence-corrected chi connectivity index (χ3v) is 4.18. The summed E-state index contributed by atoms with van der Waals surface area (Å²) in [5, 5.41) is 8.86. The second kappa shape index (κ2) is 10.6. The highest BCUT2D eigenvalue weighted by Gasteiger charge is 2.17. The highest BCUT2D eigenvalue weighted by molar-refractivity contribution is 5.87. The first-order chi connectivity index (χ1) is 10.5. The van der Waals surface area contributed by atoms with Gasteiger partial charge in [-0.15, -0.1) is 0 Å². The Morgan fingerprint density at radius 2 is 1.68 bits per heavy atom. The zero-order chi connectivity index (χ0) is 16.4. The quantitative estimate of drug-likeness (QED) is 0.388. The van der Waals surface area contributed by atoms with Crippen LogP contribution >= 0.6 is 0 Å². The van der Waals surface area contributed by atoms with E-state index in [9.17, 15) is 9.59 Å². The maximum Gasteiger partial charge on any atom is 0.239 e. The number of nitrogens with two attached hydrogens (primary N) is 1. The topological polar surface area (TPSA) is 96.2 Å². The number of amides is 2. The highest BCUT2D eigenvalue weighted by Crippen LogP contribution is 2.16. The van der Waals surface area contributed by atoms with Gasteiger partial charge in [0, 0.05) is 19.1 Å². The summed E-state index contributed by atoms with van der Waals surface area (Å²) in [4.78, 5) is 23.3. The average molecular weight is 312 g/mol. The van der Waals surface area contributed by atoms with Crippen LogP contribution in [0.3, 0.4) is 0 Å². The predicted molar refractivity (Wildman–Crippen MR) is 88.3 cm³/mol. The summed E-state index contributed by atoms with van der Waals surface area (Å²) in [5.74, 6) is -0.388. The summed E-state index contributed by atoms with van der Waals surface area (Å²) in [7, 11) is 0. The lowest BCUT2D eigenvalue weighted by atomic mass is 10.1. The summed E-state index contributed by atoms with van der Waals surface area (Å²) >= 11 is 0. The molecule has 1 atom stereocenters. The van der Waals surface area contributed by atoms with Crippen molar-refractivity contribution in [3.05, 3.63) is 0 Å². The normalized spacial score (nSPS) is 17.8. The van der Waals surface area contributed by atoms with Crippen LogP contribution in [-0.2, 0) is 9.59 Å². The molecule has 0 heterocycles. The van der Waals surface area contributed by atoms with Gasteiger partial charge in [0.25, 0.3) is 0 Å². The molecule has 0 saturated heterocycles. The Bertz CT molecular complexity index is 339. The third kappa shape index (κ3) is 7.75. The molecule has 6 nitrogen and oxygen atoms in total. The second-order valence-electron chi connectivity index (χ2n) is 6.48. The zero-order valence-electron chi connectivity index (χ0n) is 14.0. The molecule has 0 unspecified atom stereocenters. The van der Waals surface area contributed by atoms with Crippen molar-refractivity contribution in [1.82, 2.24) is 16.0 Å². The number of nitrogens with one attached hydrogen (secondary N) is 3. The Morgan fingerprint density at radius 1 is 1.05 bits per heavy atom. The van der Waals surface area contributed by atoms with Gasteiger partial charge in [0.15, 0.2) is 0 Å². The van der Waals surface area contributed by atoms with E-state index < -0.39 is 6.04 Å². The fourth-order valence-electron chi connectivity index (χ4n) is 2.61. The van der Waals surface area contributed by atoms with E-state index in [-0.39, 0.29) is 24.3 Å². The van der Waals surface area contributed by atoms with Crippen molar-refractivity contribution in [3.8, 4) is 0 Å². The van der Waals surface area contributed by atoms with Crippen LogP contribution in [0.4, 0.5) is 0 Å². The summed E-state index contributed by atoms with van der Waals surface area (Å²) in [6.07, 6.45) is 7.74. The molecule has 1 saturated carbocycles. The smallest absolute Gasteiger partial charge is 0.239 e. The average Bonchev–Trinajstić information content (AvgIpc) is 2.77. The van der Waals surface area contributed by atoms with E-state index in [2.05, 4.69) is 16.0 Å². The minimum absolute atomic E-state index is 0.0112. The number of hydrogen-bond donors (Lipinski definition) is 4. The molecule has 0 bridgehead atoms. The van der Waals surface area contributed by atoms with E-state index in [1.54, 1.807) is 0 Å². The van der Waals surface area contributed by atoms with Crippen LogP contribution < -0.4 is 21.7 Å². The number of carbonyl (C=O) groups is 2. The maximum absolute atomic E-state index is 11.7. The predicted octanol–water partition coefficient (Wildman–Crippen LogP) is 0.515. The molecule has 1 aliphatic rings. The summed E-state index contributed by atoms with van der Waals surface area (Å²) < 4.78 is 0. The van der Waals surface area contributed by atoms with Crippen molar-refractivity contribution in [2.45, 2.75) is 64.5 Å². The highest BCUT2D eigenvalue weighted by atomic mass is 16.2. The van der Waals surface area contributed by atoms with Crippen LogP contribution in [0.5, 0.6) is 0 Å². The molecule has 5 N–H and O–H groups in total. The van der Waals surface area contributed by atoms with E-state index in [1.165, 1.54) is 38.5 Å². The molecule has 22 heavy (non-hydrogen) atoms. The van der Waals surface area contributed by atoms with Gasteiger partial charge in [-0.3, -0.25) is 9.59 Å². The Kier molecular flexibility index (Phi) is 9.08. The van der Waals surface area contributed by atoms with E-state index in [4.69, 9.17) is 5.73 Å². The molecule has 128 valence electrons. The fourth-order valence-corrected chi connectivity index (χ4v) is 2.61. The second-order valence-corrected chi connectivity index (χ2v) is 6.48. The lowest BCUT2D eigenvalue weighted by Gasteiger charge is -2.17. The van der Waals surface area contributed by atoms with Crippen molar-refractivity contribution in [2.24, 2.45) is 11.7 Å². The van der Waals surface area contributed by atoms with Crippen molar-refractivity contribution < 1.29 is 9.59 Å². The van der Waals surface area contributed by atoms with Crippen molar-refractivity contribution >= 4 is 11.8 Å². The van der Waals surface area contributed by atoms with E-state index in [1.807, 2.05) is 13.8 Å². The molecule has 0 spiro atoms. The third-order valence-electron chi connectivity index (χ3n) is 4.18. The summed E-state index contributed by atoms with van der Waals surface area (Å²) in [6, 6.07) is 0.0212. The SMILES string of the molecule is CC(C)[C@H](N)C(=O)NCC(=O)NCCNC1CCCCCC1. The molecule has 0 radical (unpaired) electrons. The minimum Gasteiger partial charge on any atom is -0.353 e. The molecular formula is C16H32N4O2. The Morgan fingerprint density at radius 3 is 2.27 bits per heavy atom. The molecule has 1 rings (SSSR count). The van der Waals surface area contributed by atoms with Gasteiger partial charge in [-0.2, -0.15) is 0 Å². The number of hydrogen-bond acceptors (Lipinski definition) is 4. The summed E-state index contributed by atoms with van der Waals surface area (Å²) in [5.41, 5.74) is 5.71. The minimum atomic E-state index is -0.565. The van der Waals surface area contributed by atoms with Crippen LogP contribution in [0.15, 0.2) is 0 Å². The van der Waals surface area contributed by atoms with Crippen molar-refractivity contribution in [2.75, 3.05) is 19.6 Å². The molecule has 0 aliphatic heterocycles. The fraction of sp³-hybridized carbons (Fsp3) is 0.875. The molecule has 1 fully saturated rings. The van der Waals surface area contributed by atoms with E-state index in [0.29, 0.717) is 12.6 Å². The van der Waals surface area contributed by atoms with Gasteiger partial charge in [0.2, 0.25) is 11.8 Å². The van der Waals surface area contributed by atoms with E-state index in [0.717, 1.165) is 6.54 Å². The van der Waals surface area contributed by atoms with Gasteiger partial charge < -0.3 is 21.7 Å². The van der Waals surface area contributed by atoms with Gasteiger partial charge >= 0.3 is 0 Å². The molecule has 1 aliphatic carbocycles. The van der Waals surface area contributed by atoms with Crippen LogP contribution in [-0.4, -0.2) is 43.5 Å².